The van der Waals surface area contributed by atoms with Crippen molar-refractivity contribution in [3.8, 4) is 0 Å². The summed E-state index contributed by atoms with van der Waals surface area (Å²) in [5, 5.41) is 13.0. The van der Waals surface area contributed by atoms with Crippen LogP contribution in [-0.4, -0.2) is 5.11 Å². The molecule has 3 atom stereocenters. The molecule has 3 heteroatoms. The van der Waals surface area contributed by atoms with Gasteiger partial charge in [-0.2, -0.15) is 0 Å². The molecule has 0 bridgehead atoms. The minimum Gasteiger partial charge on any atom is -0.458 e. The van der Waals surface area contributed by atoms with E-state index in [0.29, 0.717) is 22.6 Å². The van der Waals surface area contributed by atoms with Crippen molar-refractivity contribution in [2.24, 2.45) is 17.8 Å². The fourth-order valence-electron chi connectivity index (χ4n) is 3.88. The molecular formula is C18H23ClO2. The van der Waals surface area contributed by atoms with E-state index in [4.69, 9.17) is 16.0 Å². The molecule has 0 amide bonds. The topological polar surface area (TPSA) is 33.4 Å². The third-order valence-corrected chi connectivity index (χ3v) is 5.19. The molecule has 114 valence electrons. The van der Waals surface area contributed by atoms with Gasteiger partial charge in [0, 0.05) is 10.4 Å². The van der Waals surface area contributed by atoms with Gasteiger partial charge in [0.05, 0.1) is 0 Å². The van der Waals surface area contributed by atoms with E-state index in [1.807, 2.05) is 24.3 Å². The van der Waals surface area contributed by atoms with E-state index in [9.17, 15) is 5.11 Å². The highest BCUT2D eigenvalue weighted by Gasteiger charge is 2.46. The number of halogens is 1. The largest absolute Gasteiger partial charge is 0.458 e. The molecule has 1 fully saturated rings. The lowest BCUT2D eigenvalue weighted by atomic mass is 9.66. The highest BCUT2D eigenvalue weighted by Crippen LogP contribution is 2.48. The SMILES string of the molecule is CC1CCC(C(C)C)C(O)(c2cc3cc(Cl)ccc3o2)C1. The number of fused-ring (bicyclic) bond motifs is 1. The predicted octanol–water partition coefficient (Wildman–Crippen LogP) is 5.37. The van der Waals surface area contributed by atoms with E-state index in [2.05, 4.69) is 20.8 Å². The molecule has 1 aromatic heterocycles. The molecule has 0 aliphatic heterocycles. The maximum atomic E-state index is 11.4. The normalized spacial score (nSPS) is 30.2. The minimum absolute atomic E-state index is 0.240. The summed E-state index contributed by atoms with van der Waals surface area (Å²) in [6.07, 6.45) is 2.99. The van der Waals surface area contributed by atoms with E-state index in [-0.39, 0.29) is 5.92 Å². The van der Waals surface area contributed by atoms with Crippen LogP contribution in [0.25, 0.3) is 11.0 Å². The Morgan fingerprint density at radius 1 is 1.29 bits per heavy atom. The lowest BCUT2D eigenvalue weighted by molar-refractivity contribution is -0.0998. The average Bonchev–Trinajstić information content (AvgIpc) is 2.81. The minimum atomic E-state index is -0.864. The Bertz CT molecular complexity index is 646. The molecule has 21 heavy (non-hydrogen) atoms. The lowest BCUT2D eigenvalue weighted by Gasteiger charge is -2.43. The maximum Gasteiger partial charge on any atom is 0.137 e. The first-order valence-corrected chi connectivity index (χ1v) is 8.20. The number of furan rings is 1. The van der Waals surface area contributed by atoms with E-state index in [0.717, 1.165) is 23.8 Å². The summed E-state index contributed by atoms with van der Waals surface area (Å²) in [5.41, 5.74) is -0.0688. The number of hydrogen-bond donors (Lipinski definition) is 1. The molecule has 1 heterocycles. The second-order valence-corrected chi connectivity index (χ2v) is 7.39. The predicted molar refractivity (Wildman–Crippen MR) is 86.5 cm³/mol. The van der Waals surface area contributed by atoms with Crippen molar-refractivity contribution in [2.45, 2.75) is 45.6 Å². The van der Waals surface area contributed by atoms with Crippen LogP contribution in [0.1, 0.15) is 45.8 Å². The zero-order chi connectivity index (χ0) is 15.2. The Morgan fingerprint density at radius 3 is 2.76 bits per heavy atom. The van der Waals surface area contributed by atoms with Crippen LogP contribution >= 0.6 is 11.6 Å². The first-order valence-electron chi connectivity index (χ1n) is 7.82. The second kappa shape index (κ2) is 5.33. The Labute approximate surface area is 131 Å². The summed E-state index contributed by atoms with van der Waals surface area (Å²) >= 11 is 6.05. The quantitative estimate of drug-likeness (QED) is 0.809. The van der Waals surface area contributed by atoms with Gasteiger partial charge in [0.1, 0.15) is 16.9 Å². The van der Waals surface area contributed by atoms with Crippen molar-refractivity contribution in [2.75, 3.05) is 0 Å². The van der Waals surface area contributed by atoms with Gasteiger partial charge in [-0.05, 0) is 54.9 Å². The summed E-state index contributed by atoms with van der Waals surface area (Å²) < 4.78 is 5.99. The van der Waals surface area contributed by atoms with E-state index in [1.54, 1.807) is 0 Å². The van der Waals surface area contributed by atoms with Crippen LogP contribution in [0.2, 0.25) is 5.02 Å². The van der Waals surface area contributed by atoms with Gasteiger partial charge in [-0.1, -0.05) is 38.8 Å². The molecular weight excluding hydrogens is 284 g/mol. The maximum absolute atomic E-state index is 11.4. The fraction of sp³-hybridized carbons (Fsp3) is 0.556. The Balaban J connectivity index is 2.07. The summed E-state index contributed by atoms with van der Waals surface area (Å²) in [6.45, 7) is 6.58. The summed E-state index contributed by atoms with van der Waals surface area (Å²) in [5.74, 6) is 1.89. The van der Waals surface area contributed by atoms with Crippen LogP contribution < -0.4 is 0 Å². The smallest absolute Gasteiger partial charge is 0.137 e. The number of aliphatic hydroxyl groups is 1. The molecule has 0 radical (unpaired) electrons. The van der Waals surface area contributed by atoms with Gasteiger partial charge < -0.3 is 9.52 Å². The van der Waals surface area contributed by atoms with Crippen molar-refractivity contribution < 1.29 is 9.52 Å². The molecule has 0 saturated heterocycles. The second-order valence-electron chi connectivity index (χ2n) is 6.95. The molecule has 1 aliphatic carbocycles. The Morgan fingerprint density at radius 2 is 2.05 bits per heavy atom. The molecule has 3 unspecified atom stereocenters. The van der Waals surface area contributed by atoms with Gasteiger partial charge in [0.15, 0.2) is 0 Å². The van der Waals surface area contributed by atoms with E-state index in [1.165, 1.54) is 6.42 Å². The lowest BCUT2D eigenvalue weighted by Crippen LogP contribution is -2.42. The summed E-state index contributed by atoms with van der Waals surface area (Å²) in [7, 11) is 0. The molecule has 0 spiro atoms. The third kappa shape index (κ3) is 2.60. The van der Waals surface area contributed by atoms with Crippen molar-refractivity contribution >= 4 is 22.6 Å². The van der Waals surface area contributed by atoms with Gasteiger partial charge in [0.25, 0.3) is 0 Å². The Hall–Kier alpha value is -0.990. The standard InChI is InChI=1S/C18H23ClO2/c1-11(2)15-6-4-12(3)10-18(15,20)17-9-13-8-14(19)5-7-16(13)21-17/h5,7-9,11-12,15,20H,4,6,10H2,1-3H3. The molecule has 3 rings (SSSR count). The average molecular weight is 307 g/mol. The van der Waals surface area contributed by atoms with Crippen LogP contribution in [0.4, 0.5) is 0 Å². The van der Waals surface area contributed by atoms with Gasteiger partial charge in [0.2, 0.25) is 0 Å². The van der Waals surface area contributed by atoms with E-state index >= 15 is 0 Å². The molecule has 1 aromatic carbocycles. The van der Waals surface area contributed by atoms with Gasteiger partial charge in [-0.3, -0.25) is 0 Å². The molecule has 1 N–H and O–H groups in total. The molecule has 1 saturated carbocycles. The van der Waals surface area contributed by atoms with Gasteiger partial charge >= 0.3 is 0 Å². The zero-order valence-corrected chi connectivity index (χ0v) is 13.7. The van der Waals surface area contributed by atoms with Gasteiger partial charge in [-0.25, -0.2) is 0 Å². The van der Waals surface area contributed by atoms with Crippen LogP contribution in [0, 0.1) is 17.8 Å². The van der Waals surface area contributed by atoms with Crippen LogP contribution in [0.15, 0.2) is 28.7 Å². The van der Waals surface area contributed by atoms with Crippen molar-refractivity contribution in [1.82, 2.24) is 0 Å². The number of rotatable bonds is 2. The Kier molecular flexibility index (Phi) is 3.79. The first-order chi connectivity index (χ1) is 9.90. The number of benzene rings is 1. The number of hydrogen-bond acceptors (Lipinski definition) is 2. The molecule has 1 aliphatic rings. The van der Waals surface area contributed by atoms with Crippen LogP contribution in [0.3, 0.4) is 0 Å². The zero-order valence-electron chi connectivity index (χ0n) is 12.9. The fourth-order valence-corrected chi connectivity index (χ4v) is 4.06. The van der Waals surface area contributed by atoms with Crippen molar-refractivity contribution in [3.05, 3.63) is 35.0 Å². The van der Waals surface area contributed by atoms with E-state index < -0.39 is 5.60 Å². The van der Waals surface area contributed by atoms with Crippen molar-refractivity contribution in [3.63, 3.8) is 0 Å². The van der Waals surface area contributed by atoms with Crippen LogP contribution in [0.5, 0.6) is 0 Å². The molecule has 2 aromatic rings. The highest BCUT2D eigenvalue weighted by molar-refractivity contribution is 6.31. The van der Waals surface area contributed by atoms with Crippen molar-refractivity contribution in [1.29, 1.82) is 0 Å². The third-order valence-electron chi connectivity index (χ3n) is 4.95. The highest BCUT2D eigenvalue weighted by atomic mass is 35.5. The van der Waals surface area contributed by atoms with Gasteiger partial charge in [-0.15, -0.1) is 0 Å². The first kappa shape index (κ1) is 14.9. The van der Waals surface area contributed by atoms with Crippen LogP contribution in [-0.2, 0) is 5.60 Å². The monoisotopic (exact) mass is 306 g/mol. The molecule has 2 nitrogen and oxygen atoms in total. The summed E-state index contributed by atoms with van der Waals surface area (Å²) in [6, 6.07) is 7.56. The summed E-state index contributed by atoms with van der Waals surface area (Å²) in [4.78, 5) is 0.